The van der Waals surface area contributed by atoms with Crippen LogP contribution in [0.3, 0.4) is 0 Å². The van der Waals surface area contributed by atoms with E-state index < -0.39 is 0 Å². The number of nitrogens with one attached hydrogen (secondary N) is 1. The second-order valence-electron chi connectivity index (χ2n) is 7.46. The molecule has 2 aliphatic rings. The quantitative estimate of drug-likeness (QED) is 0.780. The van der Waals surface area contributed by atoms with Crippen LogP contribution in [-0.2, 0) is 4.79 Å². The van der Waals surface area contributed by atoms with E-state index in [0.717, 1.165) is 57.0 Å². The fourth-order valence-electron chi connectivity index (χ4n) is 4.47. The molecular formula is C20H24N2O3S. The molecule has 0 bridgehead atoms. The number of benzene rings is 1. The normalized spacial score (nSPS) is 24.6. The molecule has 0 radical (unpaired) electrons. The number of amides is 1. The summed E-state index contributed by atoms with van der Waals surface area (Å²) >= 11 is 5.03. The van der Waals surface area contributed by atoms with Crippen LogP contribution in [-0.4, -0.2) is 34.2 Å². The summed E-state index contributed by atoms with van der Waals surface area (Å²) in [6.07, 6.45) is 7.79. The molecule has 1 saturated heterocycles. The highest BCUT2D eigenvalue weighted by atomic mass is 32.1. The van der Waals surface area contributed by atoms with E-state index in [1.54, 1.807) is 6.07 Å². The topological polar surface area (TPSA) is 66.3 Å². The maximum Gasteiger partial charge on any atom is 0.266 e. The number of aromatic amines is 1. The fourth-order valence-corrected chi connectivity index (χ4v) is 4.67. The molecule has 4 rings (SSSR count). The van der Waals surface area contributed by atoms with Crippen LogP contribution in [0.2, 0.25) is 0 Å². The predicted octanol–water partition coefficient (Wildman–Crippen LogP) is 4.63. The van der Waals surface area contributed by atoms with Crippen molar-refractivity contribution >= 4 is 35.0 Å². The number of hydrogen-bond donors (Lipinski definition) is 1. The van der Waals surface area contributed by atoms with Gasteiger partial charge in [0.25, 0.3) is 10.7 Å². The van der Waals surface area contributed by atoms with Crippen LogP contribution < -0.4 is 0 Å². The average molecular weight is 372 g/mol. The fraction of sp³-hybridized carbons (Fsp3) is 0.550. The van der Waals surface area contributed by atoms with Crippen LogP contribution in [0.15, 0.2) is 22.6 Å². The zero-order valence-corrected chi connectivity index (χ0v) is 15.6. The van der Waals surface area contributed by atoms with Crippen molar-refractivity contribution in [3.05, 3.63) is 28.6 Å². The minimum absolute atomic E-state index is 0.000471. The number of oxazole rings is 1. The van der Waals surface area contributed by atoms with Gasteiger partial charge in [0.1, 0.15) is 5.78 Å². The summed E-state index contributed by atoms with van der Waals surface area (Å²) in [6.45, 7) is 0.724. The van der Waals surface area contributed by atoms with Crippen LogP contribution in [0.1, 0.15) is 61.7 Å². The molecule has 1 N–H and O–H groups in total. The molecule has 1 aromatic carbocycles. The van der Waals surface area contributed by atoms with Crippen LogP contribution in [0.25, 0.3) is 11.1 Å². The number of Topliss-reactive ketones (excluding diaryl/α,β-unsaturated/α-hetero) is 1. The molecule has 6 heteroatoms. The van der Waals surface area contributed by atoms with Gasteiger partial charge >= 0.3 is 0 Å². The number of carbonyl (C=O) groups is 2. The third-order valence-electron chi connectivity index (χ3n) is 5.79. The Hall–Kier alpha value is -1.95. The minimum atomic E-state index is -0.000471. The number of nitrogens with zero attached hydrogens (tertiary/aromatic N) is 1. The highest BCUT2D eigenvalue weighted by Crippen LogP contribution is 2.32. The lowest BCUT2D eigenvalue weighted by atomic mass is 9.80. The molecule has 2 heterocycles. The van der Waals surface area contributed by atoms with Gasteiger partial charge in [0, 0.05) is 30.5 Å². The number of hydrogen-bond acceptors (Lipinski definition) is 4. The molecule has 5 nitrogen and oxygen atoms in total. The van der Waals surface area contributed by atoms with Gasteiger partial charge in [-0.25, -0.2) is 0 Å². The monoisotopic (exact) mass is 372 g/mol. The van der Waals surface area contributed by atoms with Gasteiger partial charge in [-0.2, -0.15) is 0 Å². The molecule has 1 aromatic heterocycles. The number of rotatable bonds is 2. The molecule has 2 fully saturated rings. The van der Waals surface area contributed by atoms with Crippen molar-refractivity contribution in [2.45, 2.75) is 57.4 Å². The molecular weight excluding hydrogens is 348 g/mol. The third kappa shape index (κ3) is 3.34. The van der Waals surface area contributed by atoms with E-state index >= 15 is 0 Å². The van der Waals surface area contributed by atoms with Gasteiger partial charge in [-0.15, -0.1) is 0 Å². The zero-order valence-electron chi connectivity index (χ0n) is 14.8. The van der Waals surface area contributed by atoms with Crippen molar-refractivity contribution in [2.24, 2.45) is 5.92 Å². The van der Waals surface area contributed by atoms with Crippen molar-refractivity contribution in [2.75, 3.05) is 6.54 Å². The van der Waals surface area contributed by atoms with Crippen LogP contribution in [0.4, 0.5) is 0 Å². The highest BCUT2D eigenvalue weighted by molar-refractivity contribution is 7.71. The lowest BCUT2D eigenvalue weighted by Gasteiger charge is -2.37. The first-order chi connectivity index (χ1) is 12.6. The van der Waals surface area contributed by atoms with Gasteiger partial charge in [-0.1, -0.05) is 19.3 Å². The largest absolute Gasteiger partial charge is 0.429 e. The molecule has 2 unspecified atom stereocenters. The van der Waals surface area contributed by atoms with Gasteiger partial charge in [0.15, 0.2) is 5.58 Å². The van der Waals surface area contributed by atoms with Crippen LogP contribution in [0, 0.1) is 10.8 Å². The van der Waals surface area contributed by atoms with Crippen LogP contribution >= 0.6 is 12.2 Å². The lowest BCUT2D eigenvalue weighted by Crippen LogP contribution is -2.47. The van der Waals surface area contributed by atoms with Crippen molar-refractivity contribution < 1.29 is 14.0 Å². The molecule has 2 aromatic rings. The number of carbonyl (C=O) groups excluding carboxylic acids is 2. The summed E-state index contributed by atoms with van der Waals surface area (Å²) < 4.78 is 5.47. The first-order valence-electron chi connectivity index (χ1n) is 9.60. The Morgan fingerprint density at radius 3 is 2.85 bits per heavy atom. The molecule has 1 amide bonds. The number of likely N-dealkylation sites (tertiary alicyclic amines) is 1. The zero-order chi connectivity index (χ0) is 18.1. The maximum absolute atomic E-state index is 13.3. The third-order valence-corrected chi connectivity index (χ3v) is 5.98. The van der Waals surface area contributed by atoms with Crippen molar-refractivity contribution in [3.8, 4) is 0 Å². The first-order valence-corrected chi connectivity index (χ1v) is 10.0. The van der Waals surface area contributed by atoms with Gasteiger partial charge in [-0.3, -0.25) is 9.59 Å². The standard InChI is InChI=1S/C20H24N2O3S/c23-17-8-4-3-6-14(17)16-7-2-1-5-11-22(16)19(24)13-9-10-15-18(12-13)25-20(26)21-15/h9-10,12,14,16H,1-8,11H2,(H,21,26). The Morgan fingerprint density at radius 1 is 1.15 bits per heavy atom. The van der Waals surface area contributed by atoms with Crippen molar-refractivity contribution in [3.63, 3.8) is 0 Å². The van der Waals surface area contributed by atoms with E-state index in [0.29, 0.717) is 28.2 Å². The van der Waals surface area contributed by atoms with Gasteiger partial charge in [0.2, 0.25) is 0 Å². The molecule has 26 heavy (non-hydrogen) atoms. The first kappa shape index (κ1) is 17.5. The molecule has 1 aliphatic heterocycles. The average Bonchev–Trinajstić information content (AvgIpc) is 2.85. The van der Waals surface area contributed by atoms with Crippen LogP contribution in [0.5, 0.6) is 0 Å². The Labute approximate surface area is 157 Å². The second kappa shape index (κ2) is 7.35. The summed E-state index contributed by atoms with van der Waals surface area (Å²) in [5, 5.41) is 0. The van der Waals surface area contributed by atoms with E-state index in [1.165, 1.54) is 0 Å². The smallest absolute Gasteiger partial charge is 0.266 e. The molecule has 1 saturated carbocycles. The Morgan fingerprint density at radius 2 is 2.00 bits per heavy atom. The summed E-state index contributed by atoms with van der Waals surface area (Å²) in [5.74, 6) is 0.345. The molecule has 0 spiro atoms. The van der Waals surface area contributed by atoms with E-state index in [2.05, 4.69) is 4.98 Å². The minimum Gasteiger partial charge on any atom is -0.429 e. The number of ketones is 1. The molecule has 1 aliphatic carbocycles. The number of H-pyrrole nitrogens is 1. The number of fused-ring (bicyclic) bond motifs is 1. The van der Waals surface area contributed by atoms with Gasteiger partial charge in [-0.05, 0) is 56.1 Å². The summed E-state index contributed by atoms with van der Waals surface area (Å²) in [7, 11) is 0. The lowest BCUT2D eigenvalue weighted by molar-refractivity contribution is -0.126. The van der Waals surface area contributed by atoms with E-state index in [1.807, 2.05) is 17.0 Å². The highest BCUT2D eigenvalue weighted by Gasteiger charge is 2.37. The van der Waals surface area contributed by atoms with Gasteiger partial charge < -0.3 is 14.3 Å². The number of aromatic nitrogens is 1. The van der Waals surface area contributed by atoms with E-state index in [4.69, 9.17) is 16.6 Å². The second-order valence-corrected chi connectivity index (χ2v) is 7.83. The SMILES string of the molecule is O=C1CCCCC1C1CCCCCN1C(=O)c1ccc2[nH]c(=S)oc2c1. The Bertz CT molecular complexity index is 885. The summed E-state index contributed by atoms with van der Waals surface area (Å²) in [4.78, 5) is 31.0. The Kier molecular flexibility index (Phi) is 4.94. The summed E-state index contributed by atoms with van der Waals surface area (Å²) in [5.41, 5.74) is 1.99. The molecule has 2 atom stereocenters. The van der Waals surface area contributed by atoms with E-state index in [-0.39, 0.29) is 17.9 Å². The molecule has 138 valence electrons. The van der Waals surface area contributed by atoms with Crippen molar-refractivity contribution in [1.82, 2.24) is 9.88 Å². The van der Waals surface area contributed by atoms with Gasteiger partial charge in [0.05, 0.1) is 5.52 Å². The van der Waals surface area contributed by atoms with Crippen molar-refractivity contribution in [1.29, 1.82) is 0 Å². The van der Waals surface area contributed by atoms with E-state index in [9.17, 15) is 9.59 Å². The summed E-state index contributed by atoms with van der Waals surface area (Å²) in [6, 6.07) is 5.44. The Balaban J connectivity index is 1.65. The maximum atomic E-state index is 13.3. The predicted molar refractivity (Wildman–Crippen MR) is 102 cm³/mol.